The lowest BCUT2D eigenvalue weighted by atomic mass is 9.98. The molecule has 2 aromatic rings. The molecule has 0 aromatic heterocycles. The molecule has 3 heteroatoms. The van der Waals surface area contributed by atoms with Crippen LogP contribution in [0.15, 0.2) is 65.7 Å². The van der Waals surface area contributed by atoms with Crippen molar-refractivity contribution in [2.75, 3.05) is 0 Å². The first-order valence-corrected chi connectivity index (χ1v) is 8.66. The number of carbonyl (C=O) groups is 1. The molecule has 124 valence electrons. The molecule has 0 unspecified atom stereocenters. The average molecular weight is 321 g/mol. The average Bonchev–Trinajstić information content (AvgIpc) is 2.64. The standard InChI is InChI=1S/C21H23NO2/c23-20(24-19-14-8-3-9-15-19)16-22-21(17-10-4-1-5-11-17)18-12-6-2-7-13-18/h1-2,4-7,10-13,16,19,21H,3,8-9,14-15H2. The number of nitrogens with zero attached hydrogens (tertiary/aromatic N) is 1. The Labute approximate surface area is 143 Å². The van der Waals surface area contributed by atoms with Gasteiger partial charge in [0, 0.05) is 0 Å². The van der Waals surface area contributed by atoms with Crippen LogP contribution in [0.3, 0.4) is 0 Å². The smallest absolute Gasteiger partial charge is 0.349 e. The summed E-state index contributed by atoms with van der Waals surface area (Å²) in [7, 11) is 0. The van der Waals surface area contributed by atoms with Gasteiger partial charge in [-0.15, -0.1) is 0 Å². The quantitative estimate of drug-likeness (QED) is 0.590. The molecule has 0 N–H and O–H groups in total. The van der Waals surface area contributed by atoms with E-state index in [1.807, 2.05) is 60.7 Å². The molecule has 2 aromatic carbocycles. The second-order valence-corrected chi connectivity index (χ2v) is 6.20. The summed E-state index contributed by atoms with van der Waals surface area (Å²) in [5.74, 6) is -0.334. The Balaban J connectivity index is 1.73. The van der Waals surface area contributed by atoms with Gasteiger partial charge in [-0.05, 0) is 36.8 Å². The van der Waals surface area contributed by atoms with Crippen molar-refractivity contribution in [3.8, 4) is 0 Å². The van der Waals surface area contributed by atoms with Crippen LogP contribution in [0.4, 0.5) is 0 Å². The maximum atomic E-state index is 12.1. The maximum absolute atomic E-state index is 12.1. The first kappa shape index (κ1) is 16.4. The van der Waals surface area contributed by atoms with Gasteiger partial charge in [0.05, 0.1) is 0 Å². The minimum absolute atomic E-state index is 0.0598. The van der Waals surface area contributed by atoms with Gasteiger partial charge >= 0.3 is 5.97 Å². The van der Waals surface area contributed by atoms with Gasteiger partial charge in [-0.1, -0.05) is 67.1 Å². The number of esters is 1. The lowest BCUT2D eigenvalue weighted by Gasteiger charge is -2.21. The molecule has 1 fully saturated rings. The lowest BCUT2D eigenvalue weighted by molar-refractivity contribution is -0.141. The summed E-state index contributed by atoms with van der Waals surface area (Å²) < 4.78 is 5.53. The largest absolute Gasteiger partial charge is 0.458 e. The van der Waals surface area contributed by atoms with Crippen molar-refractivity contribution in [3.05, 3.63) is 71.8 Å². The number of ether oxygens (including phenoxy) is 1. The molecule has 3 nitrogen and oxygen atoms in total. The lowest BCUT2D eigenvalue weighted by Crippen LogP contribution is -2.21. The van der Waals surface area contributed by atoms with Gasteiger partial charge < -0.3 is 4.74 Å². The Morgan fingerprint density at radius 3 is 2.00 bits per heavy atom. The molecule has 0 aliphatic heterocycles. The Bertz CT molecular complexity index is 621. The van der Waals surface area contributed by atoms with E-state index >= 15 is 0 Å². The summed E-state index contributed by atoms with van der Waals surface area (Å²) in [5.41, 5.74) is 2.12. The van der Waals surface area contributed by atoms with Gasteiger partial charge in [0.2, 0.25) is 0 Å². The van der Waals surface area contributed by atoms with E-state index in [2.05, 4.69) is 4.99 Å². The van der Waals surface area contributed by atoms with Crippen LogP contribution in [0, 0.1) is 0 Å². The molecule has 0 saturated heterocycles. The SMILES string of the molecule is O=C(C=NC(c1ccccc1)c1ccccc1)OC1CCCCC1. The fourth-order valence-corrected chi connectivity index (χ4v) is 3.15. The summed E-state index contributed by atoms with van der Waals surface area (Å²) in [6.45, 7) is 0. The van der Waals surface area contributed by atoms with Crippen LogP contribution in [0.2, 0.25) is 0 Å². The third kappa shape index (κ3) is 4.54. The van der Waals surface area contributed by atoms with E-state index in [1.54, 1.807) is 0 Å². The molecule has 1 aliphatic rings. The highest BCUT2D eigenvalue weighted by atomic mass is 16.5. The predicted molar refractivity (Wildman–Crippen MR) is 96.2 cm³/mol. The number of rotatable bonds is 5. The van der Waals surface area contributed by atoms with Gasteiger partial charge in [0.15, 0.2) is 0 Å². The summed E-state index contributed by atoms with van der Waals surface area (Å²) >= 11 is 0. The summed E-state index contributed by atoms with van der Waals surface area (Å²) in [6, 6.07) is 19.8. The van der Waals surface area contributed by atoms with Gasteiger partial charge in [-0.25, -0.2) is 4.79 Å². The van der Waals surface area contributed by atoms with Crippen LogP contribution >= 0.6 is 0 Å². The Kier molecular flexibility index (Phi) is 5.78. The molecule has 0 radical (unpaired) electrons. The molecule has 0 bridgehead atoms. The van der Waals surface area contributed by atoms with E-state index in [0.717, 1.165) is 36.8 Å². The van der Waals surface area contributed by atoms with Crippen molar-refractivity contribution >= 4 is 12.2 Å². The zero-order valence-corrected chi connectivity index (χ0v) is 13.8. The van der Waals surface area contributed by atoms with Crippen LogP contribution in [0.5, 0.6) is 0 Å². The number of benzene rings is 2. The van der Waals surface area contributed by atoms with Gasteiger partial charge in [0.25, 0.3) is 0 Å². The summed E-state index contributed by atoms with van der Waals surface area (Å²) in [4.78, 5) is 16.6. The molecule has 0 spiro atoms. The maximum Gasteiger partial charge on any atom is 0.349 e. The highest BCUT2D eigenvalue weighted by Crippen LogP contribution is 2.25. The molecule has 0 atom stereocenters. The van der Waals surface area contributed by atoms with E-state index in [9.17, 15) is 4.79 Å². The minimum atomic E-state index is -0.334. The second kappa shape index (κ2) is 8.44. The molecular formula is C21H23NO2. The molecule has 3 rings (SSSR count). The van der Waals surface area contributed by atoms with Crippen LogP contribution in [0.25, 0.3) is 0 Å². The number of hydrogen-bond acceptors (Lipinski definition) is 3. The third-order valence-corrected chi connectivity index (χ3v) is 4.39. The molecule has 24 heavy (non-hydrogen) atoms. The zero-order valence-electron chi connectivity index (χ0n) is 13.8. The monoisotopic (exact) mass is 321 g/mol. The Morgan fingerprint density at radius 2 is 1.46 bits per heavy atom. The van der Waals surface area contributed by atoms with Gasteiger partial charge in [-0.2, -0.15) is 0 Å². The fraction of sp³-hybridized carbons (Fsp3) is 0.333. The topological polar surface area (TPSA) is 38.7 Å². The van der Waals surface area contributed by atoms with Crippen LogP contribution in [-0.2, 0) is 9.53 Å². The highest BCUT2D eigenvalue weighted by molar-refractivity contribution is 6.23. The van der Waals surface area contributed by atoms with Crippen molar-refractivity contribution in [1.82, 2.24) is 0 Å². The summed E-state index contributed by atoms with van der Waals surface area (Å²) in [6.07, 6.45) is 6.88. The van der Waals surface area contributed by atoms with Crippen molar-refractivity contribution < 1.29 is 9.53 Å². The first-order chi connectivity index (χ1) is 11.8. The zero-order chi connectivity index (χ0) is 16.6. The molecule has 0 amide bonds. The number of aliphatic imine (C=N–C) groups is 1. The first-order valence-electron chi connectivity index (χ1n) is 8.66. The summed E-state index contributed by atoms with van der Waals surface area (Å²) in [5, 5.41) is 0. The fourth-order valence-electron chi connectivity index (χ4n) is 3.15. The van der Waals surface area contributed by atoms with Crippen LogP contribution < -0.4 is 0 Å². The van der Waals surface area contributed by atoms with E-state index < -0.39 is 0 Å². The van der Waals surface area contributed by atoms with Crippen LogP contribution in [0.1, 0.15) is 49.3 Å². The second-order valence-electron chi connectivity index (χ2n) is 6.20. The van der Waals surface area contributed by atoms with E-state index in [0.29, 0.717) is 0 Å². The Hall–Kier alpha value is -2.42. The van der Waals surface area contributed by atoms with E-state index in [4.69, 9.17) is 4.74 Å². The van der Waals surface area contributed by atoms with Crippen molar-refractivity contribution in [1.29, 1.82) is 0 Å². The van der Waals surface area contributed by atoms with Crippen molar-refractivity contribution in [3.63, 3.8) is 0 Å². The van der Waals surface area contributed by atoms with Crippen molar-refractivity contribution in [2.24, 2.45) is 4.99 Å². The third-order valence-electron chi connectivity index (χ3n) is 4.39. The molecule has 1 aliphatic carbocycles. The van der Waals surface area contributed by atoms with Crippen LogP contribution in [-0.4, -0.2) is 18.3 Å². The normalized spacial score (nSPS) is 15.7. The molecular weight excluding hydrogens is 298 g/mol. The molecule has 1 saturated carbocycles. The van der Waals surface area contributed by atoms with Gasteiger partial charge in [-0.3, -0.25) is 4.99 Å². The Morgan fingerprint density at radius 1 is 0.917 bits per heavy atom. The minimum Gasteiger partial charge on any atom is -0.458 e. The predicted octanol–water partition coefficient (Wildman–Crippen LogP) is 4.72. The highest BCUT2D eigenvalue weighted by Gasteiger charge is 2.17. The van der Waals surface area contributed by atoms with E-state index in [1.165, 1.54) is 12.6 Å². The number of carbonyl (C=O) groups excluding carboxylic acids is 1. The van der Waals surface area contributed by atoms with Gasteiger partial charge in [0.1, 0.15) is 18.4 Å². The van der Waals surface area contributed by atoms with E-state index in [-0.39, 0.29) is 18.1 Å². The van der Waals surface area contributed by atoms with Crippen molar-refractivity contribution in [2.45, 2.75) is 44.2 Å². The molecule has 0 heterocycles. The number of hydrogen-bond donors (Lipinski definition) is 0.